The van der Waals surface area contributed by atoms with Crippen LogP contribution in [0.2, 0.25) is 0 Å². The van der Waals surface area contributed by atoms with Gasteiger partial charge in [-0.2, -0.15) is 0 Å². The normalized spacial score (nSPS) is 25.8. The molecule has 1 aromatic carbocycles. The lowest BCUT2D eigenvalue weighted by molar-refractivity contribution is -0.134. The third kappa shape index (κ3) is 3.85. The number of urea groups is 1. The predicted molar refractivity (Wildman–Crippen MR) is 110 cm³/mol. The van der Waals surface area contributed by atoms with E-state index < -0.39 is 5.54 Å². The van der Waals surface area contributed by atoms with E-state index >= 15 is 0 Å². The largest absolute Gasteiger partial charge is 0.497 e. The fourth-order valence-electron chi connectivity index (χ4n) is 4.70. The van der Waals surface area contributed by atoms with Crippen LogP contribution in [-0.2, 0) is 11.2 Å². The Balaban J connectivity index is 0.00000225. The van der Waals surface area contributed by atoms with Crippen LogP contribution in [0.4, 0.5) is 4.79 Å². The second-order valence-corrected chi connectivity index (χ2v) is 8.17. The highest BCUT2D eigenvalue weighted by Crippen LogP contribution is 2.37. The van der Waals surface area contributed by atoms with Gasteiger partial charge in [0.25, 0.3) is 5.91 Å². The first-order valence-electron chi connectivity index (χ1n) is 10.1. The van der Waals surface area contributed by atoms with Crippen molar-refractivity contribution in [3.63, 3.8) is 0 Å². The van der Waals surface area contributed by atoms with Crippen molar-refractivity contribution in [2.24, 2.45) is 11.8 Å². The first kappa shape index (κ1) is 20.9. The minimum atomic E-state index is -0.838. The fraction of sp³-hybridized carbons (Fsp3) is 0.619. The molecule has 3 fully saturated rings. The number of rotatable bonds is 6. The van der Waals surface area contributed by atoms with Gasteiger partial charge in [0.1, 0.15) is 11.3 Å². The van der Waals surface area contributed by atoms with Crippen LogP contribution in [0.25, 0.3) is 0 Å². The lowest BCUT2D eigenvalue weighted by atomic mass is 9.74. The van der Waals surface area contributed by atoms with Gasteiger partial charge >= 0.3 is 6.03 Å². The van der Waals surface area contributed by atoms with Crippen molar-refractivity contribution in [1.29, 1.82) is 0 Å². The summed E-state index contributed by atoms with van der Waals surface area (Å²) in [4.78, 5) is 27.8. The van der Waals surface area contributed by atoms with E-state index in [2.05, 4.69) is 10.6 Å². The SMILES string of the molecule is COc1cccc(CC2(C3CCNCC3)NC(=O)N(CC3CCC3)C2=O)c1.Cl. The predicted octanol–water partition coefficient (Wildman–Crippen LogP) is 2.75. The molecular weight excluding hydrogens is 378 g/mol. The molecule has 2 heterocycles. The number of piperidine rings is 1. The number of hydrogen-bond donors (Lipinski definition) is 2. The number of imide groups is 1. The summed E-state index contributed by atoms with van der Waals surface area (Å²) in [6.07, 6.45) is 5.75. The van der Waals surface area contributed by atoms with E-state index in [1.54, 1.807) is 7.11 Å². The van der Waals surface area contributed by atoms with Gasteiger partial charge < -0.3 is 15.4 Å². The van der Waals surface area contributed by atoms with Gasteiger partial charge in [0.2, 0.25) is 0 Å². The quantitative estimate of drug-likeness (QED) is 0.711. The number of hydrogen-bond acceptors (Lipinski definition) is 4. The Morgan fingerprint density at radius 3 is 2.57 bits per heavy atom. The smallest absolute Gasteiger partial charge is 0.325 e. The lowest BCUT2D eigenvalue weighted by Crippen LogP contribution is -2.57. The van der Waals surface area contributed by atoms with Gasteiger partial charge in [0.05, 0.1) is 7.11 Å². The van der Waals surface area contributed by atoms with E-state index in [1.807, 2.05) is 24.3 Å². The van der Waals surface area contributed by atoms with Crippen molar-refractivity contribution < 1.29 is 14.3 Å². The monoisotopic (exact) mass is 407 g/mol. The molecule has 0 radical (unpaired) electrons. The third-order valence-corrected chi connectivity index (χ3v) is 6.52. The summed E-state index contributed by atoms with van der Waals surface area (Å²) in [6.45, 7) is 2.34. The average molecular weight is 408 g/mol. The van der Waals surface area contributed by atoms with E-state index in [1.165, 1.54) is 11.3 Å². The van der Waals surface area contributed by atoms with Crippen molar-refractivity contribution in [2.45, 2.75) is 44.1 Å². The van der Waals surface area contributed by atoms with E-state index in [0.29, 0.717) is 18.9 Å². The molecule has 3 amide bonds. The summed E-state index contributed by atoms with van der Waals surface area (Å²) in [6, 6.07) is 7.61. The lowest BCUT2D eigenvalue weighted by Gasteiger charge is -2.38. The molecule has 3 aliphatic rings. The van der Waals surface area contributed by atoms with Crippen LogP contribution in [0.3, 0.4) is 0 Å². The Hall–Kier alpha value is -1.79. The number of methoxy groups -OCH3 is 1. The van der Waals surface area contributed by atoms with Gasteiger partial charge in [-0.25, -0.2) is 4.79 Å². The van der Waals surface area contributed by atoms with Crippen molar-refractivity contribution >= 4 is 24.3 Å². The van der Waals surface area contributed by atoms with E-state index in [0.717, 1.165) is 50.1 Å². The van der Waals surface area contributed by atoms with Crippen LogP contribution in [0.15, 0.2) is 24.3 Å². The second kappa shape index (κ2) is 8.70. The maximum absolute atomic E-state index is 13.6. The molecule has 1 atom stereocenters. The Morgan fingerprint density at radius 2 is 1.93 bits per heavy atom. The van der Waals surface area contributed by atoms with Crippen LogP contribution in [-0.4, -0.2) is 49.1 Å². The fourth-order valence-corrected chi connectivity index (χ4v) is 4.70. The third-order valence-electron chi connectivity index (χ3n) is 6.52. The van der Waals surface area contributed by atoms with Gasteiger partial charge in [0, 0.05) is 13.0 Å². The number of nitrogens with zero attached hydrogens (tertiary/aromatic N) is 1. The second-order valence-electron chi connectivity index (χ2n) is 8.17. The number of carbonyl (C=O) groups excluding carboxylic acids is 2. The summed E-state index contributed by atoms with van der Waals surface area (Å²) in [7, 11) is 1.64. The van der Waals surface area contributed by atoms with E-state index in [4.69, 9.17) is 4.74 Å². The van der Waals surface area contributed by atoms with Crippen LogP contribution in [0.1, 0.15) is 37.7 Å². The van der Waals surface area contributed by atoms with Gasteiger partial charge in [-0.05, 0) is 68.3 Å². The number of ether oxygens (including phenoxy) is 1. The Morgan fingerprint density at radius 1 is 1.18 bits per heavy atom. The number of benzene rings is 1. The number of carbonyl (C=O) groups is 2. The topological polar surface area (TPSA) is 70.7 Å². The Kier molecular flexibility index (Phi) is 6.50. The highest BCUT2D eigenvalue weighted by atomic mass is 35.5. The van der Waals surface area contributed by atoms with Gasteiger partial charge in [-0.1, -0.05) is 18.6 Å². The molecule has 2 aliphatic heterocycles. The molecule has 7 heteroatoms. The molecule has 1 unspecified atom stereocenters. The Labute approximate surface area is 172 Å². The molecule has 6 nitrogen and oxygen atoms in total. The van der Waals surface area contributed by atoms with Crippen LogP contribution >= 0.6 is 12.4 Å². The maximum Gasteiger partial charge on any atom is 0.325 e. The molecule has 1 aromatic rings. The zero-order valence-corrected chi connectivity index (χ0v) is 17.2. The van der Waals surface area contributed by atoms with E-state index in [9.17, 15) is 9.59 Å². The Bertz CT molecular complexity index is 719. The van der Waals surface area contributed by atoms with Crippen molar-refractivity contribution in [3.05, 3.63) is 29.8 Å². The molecule has 1 saturated carbocycles. The molecule has 154 valence electrons. The van der Waals surface area contributed by atoms with Crippen molar-refractivity contribution in [1.82, 2.24) is 15.5 Å². The average Bonchev–Trinajstić information content (AvgIpc) is 2.90. The summed E-state index contributed by atoms with van der Waals surface area (Å²) in [5, 5.41) is 6.51. The highest BCUT2D eigenvalue weighted by Gasteiger charge is 2.55. The molecule has 2 N–H and O–H groups in total. The number of halogens is 1. The molecule has 0 spiro atoms. The zero-order chi connectivity index (χ0) is 18.9. The minimum absolute atomic E-state index is 0. The van der Waals surface area contributed by atoms with E-state index in [-0.39, 0.29) is 30.3 Å². The van der Waals surface area contributed by atoms with Crippen LogP contribution in [0.5, 0.6) is 5.75 Å². The number of nitrogens with one attached hydrogen (secondary N) is 2. The molecule has 28 heavy (non-hydrogen) atoms. The summed E-state index contributed by atoms with van der Waals surface area (Å²) >= 11 is 0. The zero-order valence-electron chi connectivity index (χ0n) is 16.4. The molecular formula is C21H30ClN3O3. The molecule has 2 saturated heterocycles. The summed E-state index contributed by atoms with van der Waals surface area (Å²) < 4.78 is 5.35. The standard InChI is InChI=1S/C21H29N3O3.ClH/c1-27-18-7-3-6-16(12-18)13-21(17-8-10-22-11-9-17)19(25)24(20(26)23-21)14-15-4-2-5-15;/h3,6-7,12,15,17,22H,2,4-5,8-11,13-14H2,1H3,(H,23,26);1H. The maximum atomic E-state index is 13.6. The first-order chi connectivity index (χ1) is 13.1. The van der Waals surface area contributed by atoms with Gasteiger partial charge in [-0.3, -0.25) is 9.69 Å². The van der Waals surface area contributed by atoms with Gasteiger partial charge in [-0.15, -0.1) is 12.4 Å². The summed E-state index contributed by atoms with van der Waals surface area (Å²) in [5.74, 6) is 1.36. The minimum Gasteiger partial charge on any atom is -0.497 e. The highest BCUT2D eigenvalue weighted by molar-refractivity contribution is 6.07. The van der Waals surface area contributed by atoms with Gasteiger partial charge in [0.15, 0.2) is 0 Å². The molecule has 1 aliphatic carbocycles. The first-order valence-corrected chi connectivity index (χ1v) is 10.1. The molecule has 0 aromatic heterocycles. The van der Waals surface area contributed by atoms with Crippen LogP contribution < -0.4 is 15.4 Å². The van der Waals surface area contributed by atoms with Crippen molar-refractivity contribution in [3.8, 4) is 5.75 Å². The molecule has 4 rings (SSSR count). The number of amides is 3. The molecule has 0 bridgehead atoms. The summed E-state index contributed by atoms with van der Waals surface area (Å²) in [5.41, 5.74) is 0.182. The van der Waals surface area contributed by atoms with Crippen LogP contribution in [0, 0.1) is 11.8 Å². The van der Waals surface area contributed by atoms with Crippen molar-refractivity contribution in [2.75, 3.05) is 26.7 Å².